The molecule has 0 nitrogen and oxygen atoms in total. The van der Waals surface area contributed by atoms with Crippen molar-refractivity contribution < 1.29 is 0 Å². The summed E-state index contributed by atoms with van der Waals surface area (Å²) in [5, 5.41) is 0. The second kappa shape index (κ2) is 13.6. The van der Waals surface area contributed by atoms with E-state index in [4.69, 9.17) is 0 Å². The van der Waals surface area contributed by atoms with Crippen molar-refractivity contribution >= 4 is 0 Å². The second-order valence-corrected chi connectivity index (χ2v) is 17.3. The van der Waals surface area contributed by atoms with Gasteiger partial charge in [-0.25, -0.2) is 0 Å². The van der Waals surface area contributed by atoms with Gasteiger partial charge in [0.05, 0.1) is 16.2 Å². The van der Waals surface area contributed by atoms with E-state index in [1.54, 1.807) is 0 Å². The number of rotatable bonds is 6. The summed E-state index contributed by atoms with van der Waals surface area (Å²) < 4.78 is 0. The molecule has 0 unspecified atom stereocenters. The van der Waals surface area contributed by atoms with Crippen molar-refractivity contribution in [2.24, 2.45) is 0 Å². The molecule has 0 atom stereocenters. The van der Waals surface area contributed by atoms with Crippen LogP contribution in [0.15, 0.2) is 255 Å². The molecule has 3 aliphatic rings. The molecular formula is C63H42. The summed E-state index contributed by atoms with van der Waals surface area (Å²) in [6.45, 7) is 0. The van der Waals surface area contributed by atoms with E-state index in [9.17, 15) is 0 Å². The van der Waals surface area contributed by atoms with Crippen LogP contribution in [0.25, 0.3) is 33.4 Å². The van der Waals surface area contributed by atoms with Gasteiger partial charge in [-0.05, 0) is 100 Å². The van der Waals surface area contributed by atoms with Gasteiger partial charge in [-0.3, -0.25) is 0 Å². The Morgan fingerprint density at radius 2 is 0.349 bits per heavy atom. The van der Waals surface area contributed by atoms with E-state index in [2.05, 4.69) is 255 Å². The molecule has 63 heavy (non-hydrogen) atoms. The minimum absolute atomic E-state index is 0.669. The van der Waals surface area contributed by atoms with E-state index < -0.39 is 16.2 Å². The molecule has 0 radical (unpaired) electrons. The predicted molar refractivity (Wildman–Crippen MR) is 258 cm³/mol. The zero-order valence-electron chi connectivity index (χ0n) is 34.7. The molecule has 0 aliphatic heterocycles. The summed E-state index contributed by atoms with van der Waals surface area (Å²) in [5.41, 5.74) is 21.5. The highest BCUT2D eigenvalue weighted by Crippen LogP contribution is 2.72. The Bertz CT molecular complexity index is 2850. The van der Waals surface area contributed by atoms with Gasteiger partial charge in [-0.2, -0.15) is 0 Å². The summed E-state index contributed by atoms with van der Waals surface area (Å²) in [6.07, 6.45) is 0. The van der Waals surface area contributed by atoms with Crippen molar-refractivity contribution in [3.63, 3.8) is 0 Å². The minimum Gasteiger partial charge on any atom is -0.0622 e. The van der Waals surface area contributed by atoms with Gasteiger partial charge in [-0.15, -0.1) is 0 Å². The van der Waals surface area contributed by atoms with Crippen molar-refractivity contribution in [2.75, 3.05) is 0 Å². The molecule has 0 saturated carbocycles. The molecule has 0 fully saturated rings. The van der Waals surface area contributed by atoms with E-state index in [1.807, 2.05) is 0 Å². The van der Waals surface area contributed by atoms with Gasteiger partial charge >= 0.3 is 0 Å². The van der Waals surface area contributed by atoms with Gasteiger partial charge < -0.3 is 0 Å². The maximum Gasteiger partial charge on any atom is 0.0719 e. The van der Waals surface area contributed by atoms with E-state index in [1.165, 1.54) is 100 Å². The molecule has 0 N–H and O–H groups in total. The number of hydrogen-bond donors (Lipinski definition) is 0. The fraction of sp³-hybridized carbons (Fsp3) is 0.0476. The van der Waals surface area contributed by atoms with Gasteiger partial charge in [0.25, 0.3) is 0 Å². The van der Waals surface area contributed by atoms with Crippen LogP contribution in [0.5, 0.6) is 0 Å². The van der Waals surface area contributed by atoms with Crippen molar-refractivity contribution in [3.8, 4) is 33.4 Å². The summed E-state index contributed by atoms with van der Waals surface area (Å²) in [6, 6.07) is 96.3. The van der Waals surface area contributed by atoms with Gasteiger partial charge in [0.15, 0.2) is 0 Å². The average molecular weight is 799 g/mol. The van der Waals surface area contributed by atoms with Crippen LogP contribution in [-0.4, -0.2) is 0 Å². The maximum atomic E-state index is 2.42. The first-order chi connectivity index (χ1) is 31.3. The van der Waals surface area contributed by atoms with Gasteiger partial charge in [0, 0.05) is 0 Å². The van der Waals surface area contributed by atoms with Crippen molar-refractivity contribution in [3.05, 3.63) is 322 Å². The molecule has 10 aromatic carbocycles. The zero-order valence-corrected chi connectivity index (χ0v) is 34.7. The van der Waals surface area contributed by atoms with Crippen LogP contribution in [0.3, 0.4) is 0 Å². The van der Waals surface area contributed by atoms with Gasteiger partial charge in [0.2, 0.25) is 0 Å². The highest BCUT2D eigenvalue weighted by molar-refractivity contribution is 6.09. The standard InChI is InChI=1S/C63H42/c1-7-25-43(26-8-1)61(44-27-9-2-10-28-44)52-40-22-19-37-49(52)55-58(61)56-50-38-20-23-41-53(50)62(45-29-11-3-12-30-45,46-31-13-4-14-32-46)60(56)57-51-39-21-24-42-54(51)63(59(55)57,47-33-15-5-16-34-47)48-35-17-6-18-36-48/h1-42H. The number of benzene rings is 10. The Balaban J connectivity index is 1.39. The zero-order chi connectivity index (χ0) is 41.6. The molecule has 0 heterocycles. The molecule has 0 heteroatoms. The largest absolute Gasteiger partial charge is 0.0719 e. The topological polar surface area (TPSA) is 0 Å². The van der Waals surface area contributed by atoms with Crippen molar-refractivity contribution in [1.82, 2.24) is 0 Å². The lowest BCUT2D eigenvalue weighted by atomic mass is 9.61. The van der Waals surface area contributed by atoms with Gasteiger partial charge in [-0.1, -0.05) is 255 Å². The summed E-state index contributed by atoms with van der Waals surface area (Å²) in [4.78, 5) is 0. The Hall–Kier alpha value is -7.80. The quantitative estimate of drug-likeness (QED) is 0.157. The molecule has 0 spiro atoms. The third-order valence-corrected chi connectivity index (χ3v) is 14.7. The van der Waals surface area contributed by atoms with E-state index >= 15 is 0 Å². The normalized spacial score (nSPS) is 15.0. The lowest BCUT2D eigenvalue weighted by molar-refractivity contribution is 0.740. The average Bonchev–Trinajstić information content (AvgIpc) is 3.97. The molecular weight excluding hydrogens is 757 g/mol. The first-order valence-corrected chi connectivity index (χ1v) is 22.2. The van der Waals surface area contributed by atoms with Crippen molar-refractivity contribution in [2.45, 2.75) is 16.2 Å². The van der Waals surface area contributed by atoms with Crippen LogP contribution in [-0.2, 0) is 16.2 Å². The lowest BCUT2D eigenvalue weighted by Gasteiger charge is -2.40. The lowest BCUT2D eigenvalue weighted by Crippen LogP contribution is -2.33. The molecule has 13 rings (SSSR count). The first-order valence-electron chi connectivity index (χ1n) is 22.2. The Kier molecular flexibility index (Phi) is 7.75. The Labute approximate surface area is 369 Å². The summed E-state index contributed by atoms with van der Waals surface area (Å²) in [7, 11) is 0. The third-order valence-electron chi connectivity index (χ3n) is 14.7. The van der Waals surface area contributed by atoms with Crippen LogP contribution < -0.4 is 0 Å². The van der Waals surface area contributed by atoms with E-state index in [0.29, 0.717) is 0 Å². The molecule has 294 valence electrons. The highest BCUT2D eigenvalue weighted by atomic mass is 14.6. The molecule has 0 amide bonds. The third kappa shape index (κ3) is 4.50. The van der Waals surface area contributed by atoms with Gasteiger partial charge in [0.1, 0.15) is 0 Å². The molecule has 3 aliphatic carbocycles. The molecule has 0 saturated heterocycles. The highest BCUT2D eigenvalue weighted by Gasteiger charge is 2.60. The minimum atomic E-state index is -0.669. The Morgan fingerprint density at radius 3 is 0.556 bits per heavy atom. The van der Waals surface area contributed by atoms with E-state index in [-0.39, 0.29) is 0 Å². The summed E-state index contributed by atoms with van der Waals surface area (Å²) >= 11 is 0. The monoisotopic (exact) mass is 798 g/mol. The van der Waals surface area contributed by atoms with Crippen LogP contribution in [0.4, 0.5) is 0 Å². The van der Waals surface area contributed by atoms with Crippen molar-refractivity contribution in [1.29, 1.82) is 0 Å². The number of hydrogen-bond acceptors (Lipinski definition) is 0. The second-order valence-electron chi connectivity index (χ2n) is 17.3. The molecule has 0 aromatic heterocycles. The smallest absolute Gasteiger partial charge is 0.0622 e. The Morgan fingerprint density at radius 1 is 0.175 bits per heavy atom. The van der Waals surface area contributed by atoms with Crippen LogP contribution >= 0.6 is 0 Å². The SMILES string of the molecule is c1ccc(C2(c3ccccc3)c3ccccc3-c3c2c2c(c4c3C(c3ccccc3)(c3ccccc3)c3ccccc3-4)C(c3ccccc3)(c3ccccc3)c3ccccc3-2)cc1. The summed E-state index contributed by atoms with van der Waals surface area (Å²) in [5.74, 6) is 0. The number of fused-ring (bicyclic) bond motifs is 12. The van der Waals surface area contributed by atoms with E-state index in [0.717, 1.165) is 0 Å². The fourth-order valence-electron chi connectivity index (χ4n) is 12.6. The first kappa shape index (κ1) is 35.9. The van der Waals surface area contributed by atoms with Crippen LogP contribution in [0.2, 0.25) is 0 Å². The fourth-order valence-corrected chi connectivity index (χ4v) is 12.6. The predicted octanol–water partition coefficient (Wildman–Crippen LogP) is 14.8. The molecule has 10 aromatic rings. The van der Waals surface area contributed by atoms with Crippen LogP contribution in [0.1, 0.15) is 66.8 Å². The molecule has 0 bridgehead atoms. The maximum absolute atomic E-state index is 2.42. The van der Waals surface area contributed by atoms with Crippen LogP contribution in [0, 0.1) is 0 Å².